The smallest absolute Gasteiger partial charge is 0.416 e. The molecule has 188 valence electrons. The molecule has 1 aromatic heterocycles. The van der Waals surface area contributed by atoms with Gasteiger partial charge in [-0.25, -0.2) is 9.18 Å². The van der Waals surface area contributed by atoms with Gasteiger partial charge in [0.2, 0.25) is 5.91 Å². The highest BCUT2D eigenvalue weighted by atomic mass is 19.4. The van der Waals surface area contributed by atoms with Crippen molar-refractivity contribution >= 4 is 17.6 Å². The van der Waals surface area contributed by atoms with Crippen LogP contribution in [0.25, 0.3) is 11.1 Å². The summed E-state index contributed by atoms with van der Waals surface area (Å²) in [4.78, 5) is 25.0. The number of ether oxygens (including phenoxy) is 1. The number of hydrogen-bond donors (Lipinski definition) is 2. The van der Waals surface area contributed by atoms with E-state index in [1.165, 1.54) is 12.1 Å². The first-order valence-corrected chi connectivity index (χ1v) is 11.3. The third kappa shape index (κ3) is 4.34. The third-order valence-electron chi connectivity index (χ3n) is 6.70. The van der Waals surface area contributed by atoms with Crippen molar-refractivity contribution < 1.29 is 37.0 Å². The quantitative estimate of drug-likeness (QED) is 0.460. The van der Waals surface area contributed by atoms with E-state index in [-0.39, 0.29) is 35.7 Å². The first-order chi connectivity index (χ1) is 17.1. The number of carboxylic acid groups (broad SMARTS) is 1. The van der Waals surface area contributed by atoms with Crippen molar-refractivity contribution in [2.45, 2.75) is 36.9 Å². The van der Waals surface area contributed by atoms with Crippen LogP contribution >= 0.6 is 0 Å². The second-order valence-electron chi connectivity index (χ2n) is 9.02. The van der Waals surface area contributed by atoms with Crippen LogP contribution in [0.4, 0.5) is 23.2 Å². The van der Waals surface area contributed by atoms with E-state index < -0.39 is 34.8 Å². The van der Waals surface area contributed by atoms with Crippen molar-refractivity contribution in [2.24, 2.45) is 0 Å². The summed E-state index contributed by atoms with van der Waals surface area (Å²) in [5.41, 5.74) is -1.46. The Morgan fingerprint density at radius 3 is 2.56 bits per heavy atom. The number of rotatable bonds is 6. The summed E-state index contributed by atoms with van der Waals surface area (Å²) in [6.07, 6.45) is -0.0746. The summed E-state index contributed by atoms with van der Waals surface area (Å²) in [6.45, 7) is 1.16. The summed E-state index contributed by atoms with van der Waals surface area (Å²) in [5, 5.41) is 16.7. The van der Waals surface area contributed by atoms with Crippen molar-refractivity contribution in [2.75, 3.05) is 18.5 Å². The number of hydrogen-bond acceptors (Lipinski definition) is 4. The molecule has 2 N–H and O–H groups in total. The largest absolute Gasteiger partial charge is 0.478 e. The predicted octanol–water partition coefficient (Wildman–Crippen LogP) is 5.04. The lowest BCUT2D eigenvalue weighted by atomic mass is 9.93. The summed E-state index contributed by atoms with van der Waals surface area (Å²) in [6, 6.07) is 6.57. The number of benzene rings is 2. The molecular formula is C25H21F4N3O4. The molecule has 2 aromatic carbocycles. The Morgan fingerprint density at radius 2 is 1.94 bits per heavy atom. The SMILES string of the molecule is O=C(O)c1cc(NC(=O)C2(c3ccc(C(F)(F)F)cc3F)CC2)ccc1-c1cnn([C@H]2CCOC2)c1. The summed E-state index contributed by atoms with van der Waals surface area (Å²) < 4.78 is 60.3. The zero-order valence-corrected chi connectivity index (χ0v) is 18.8. The van der Waals surface area contributed by atoms with E-state index in [4.69, 9.17) is 4.74 Å². The molecule has 0 unspecified atom stereocenters. The van der Waals surface area contributed by atoms with E-state index in [9.17, 15) is 32.3 Å². The maximum absolute atomic E-state index is 14.6. The van der Waals surface area contributed by atoms with Gasteiger partial charge >= 0.3 is 12.1 Å². The monoisotopic (exact) mass is 503 g/mol. The molecule has 1 saturated heterocycles. The van der Waals surface area contributed by atoms with Gasteiger partial charge in [-0.2, -0.15) is 18.3 Å². The van der Waals surface area contributed by atoms with Gasteiger partial charge in [0.05, 0.1) is 35.4 Å². The van der Waals surface area contributed by atoms with E-state index >= 15 is 0 Å². The van der Waals surface area contributed by atoms with Crippen LogP contribution < -0.4 is 5.32 Å². The van der Waals surface area contributed by atoms with Crippen molar-refractivity contribution in [3.05, 3.63) is 71.3 Å². The number of nitrogens with one attached hydrogen (secondary N) is 1. The second kappa shape index (κ2) is 8.74. The third-order valence-corrected chi connectivity index (χ3v) is 6.70. The fraction of sp³-hybridized carbons (Fsp3) is 0.320. The van der Waals surface area contributed by atoms with Gasteiger partial charge < -0.3 is 15.2 Å². The maximum atomic E-state index is 14.6. The van der Waals surface area contributed by atoms with E-state index in [1.54, 1.807) is 23.1 Å². The van der Waals surface area contributed by atoms with Crippen LogP contribution in [0, 0.1) is 5.82 Å². The van der Waals surface area contributed by atoms with Gasteiger partial charge in [0.15, 0.2) is 0 Å². The molecule has 36 heavy (non-hydrogen) atoms. The first kappa shape index (κ1) is 24.0. The molecule has 2 fully saturated rings. The fourth-order valence-corrected chi connectivity index (χ4v) is 4.53. The Hall–Kier alpha value is -3.73. The average molecular weight is 503 g/mol. The summed E-state index contributed by atoms with van der Waals surface area (Å²) in [5.74, 6) is -2.93. The lowest BCUT2D eigenvalue weighted by Crippen LogP contribution is -2.29. The Balaban J connectivity index is 1.39. The molecule has 3 aromatic rings. The number of halogens is 4. The molecule has 1 saturated carbocycles. The van der Waals surface area contributed by atoms with Crippen LogP contribution in [-0.4, -0.2) is 40.0 Å². The fourth-order valence-electron chi connectivity index (χ4n) is 4.53. The summed E-state index contributed by atoms with van der Waals surface area (Å²) >= 11 is 0. The van der Waals surface area contributed by atoms with Gasteiger partial charge in [-0.3, -0.25) is 9.48 Å². The molecule has 11 heteroatoms. The molecule has 1 aliphatic heterocycles. The van der Waals surface area contributed by atoms with Crippen LogP contribution in [0.5, 0.6) is 0 Å². The molecule has 1 aliphatic carbocycles. The lowest BCUT2D eigenvalue weighted by molar-refractivity contribution is -0.137. The van der Waals surface area contributed by atoms with E-state index in [0.717, 1.165) is 18.6 Å². The van der Waals surface area contributed by atoms with Crippen LogP contribution in [0.3, 0.4) is 0 Å². The van der Waals surface area contributed by atoms with Crippen molar-refractivity contribution in [1.29, 1.82) is 0 Å². The second-order valence-corrected chi connectivity index (χ2v) is 9.02. The first-order valence-electron chi connectivity index (χ1n) is 11.3. The number of carboxylic acids is 1. The van der Waals surface area contributed by atoms with E-state index in [0.29, 0.717) is 30.4 Å². The van der Waals surface area contributed by atoms with Crippen molar-refractivity contribution in [3.63, 3.8) is 0 Å². The van der Waals surface area contributed by atoms with E-state index in [2.05, 4.69) is 10.4 Å². The number of nitrogens with zero attached hydrogens (tertiary/aromatic N) is 2. The van der Waals surface area contributed by atoms with Gasteiger partial charge in [-0.05, 0) is 49.1 Å². The van der Waals surface area contributed by atoms with Gasteiger partial charge in [0.1, 0.15) is 5.82 Å². The number of carbonyl (C=O) groups excluding carboxylic acids is 1. The van der Waals surface area contributed by atoms with Gasteiger partial charge in [0, 0.05) is 29.6 Å². The molecule has 2 aliphatic rings. The molecule has 0 bridgehead atoms. The minimum absolute atomic E-state index is 0.0689. The molecule has 1 amide bonds. The maximum Gasteiger partial charge on any atom is 0.416 e. The molecule has 0 spiro atoms. The highest BCUT2D eigenvalue weighted by Crippen LogP contribution is 2.50. The number of carbonyl (C=O) groups is 2. The molecule has 2 heterocycles. The van der Waals surface area contributed by atoms with Crippen molar-refractivity contribution in [3.8, 4) is 11.1 Å². The van der Waals surface area contributed by atoms with Crippen LogP contribution in [0.2, 0.25) is 0 Å². The number of anilines is 1. The zero-order chi connectivity index (χ0) is 25.7. The molecule has 5 rings (SSSR count). The lowest BCUT2D eigenvalue weighted by Gasteiger charge is -2.18. The van der Waals surface area contributed by atoms with Gasteiger partial charge in [0.25, 0.3) is 0 Å². The topological polar surface area (TPSA) is 93.5 Å². The van der Waals surface area contributed by atoms with E-state index in [1.807, 2.05) is 0 Å². The van der Waals surface area contributed by atoms with Crippen molar-refractivity contribution in [1.82, 2.24) is 9.78 Å². The van der Waals surface area contributed by atoms with Crippen LogP contribution in [-0.2, 0) is 21.1 Å². The minimum Gasteiger partial charge on any atom is -0.478 e. The van der Waals surface area contributed by atoms with Gasteiger partial charge in [-0.1, -0.05) is 12.1 Å². The molecule has 0 radical (unpaired) electrons. The Morgan fingerprint density at radius 1 is 1.17 bits per heavy atom. The minimum atomic E-state index is -4.70. The Bertz CT molecular complexity index is 1340. The number of aromatic carboxylic acids is 1. The molecule has 7 nitrogen and oxygen atoms in total. The average Bonchev–Trinajstić information content (AvgIpc) is 3.21. The zero-order valence-electron chi connectivity index (χ0n) is 18.8. The number of amides is 1. The highest BCUT2D eigenvalue weighted by Gasteiger charge is 2.53. The van der Waals surface area contributed by atoms with Crippen LogP contribution in [0.1, 0.15) is 46.8 Å². The predicted molar refractivity (Wildman–Crippen MR) is 120 cm³/mol. The normalized spacial score (nSPS) is 18.7. The molecule has 1 atom stereocenters. The van der Waals surface area contributed by atoms with Crippen LogP contribution in [0.15, 0.2) is 48.8 Å². The Labute approximate surface area is 202 Å². The molecular weight excluding hydrogens is 482 g/mol. The number of alkyl halides is 3. The Kier molecular flexibility index (Phi) is 5.82. The standard InChI is InChI=1S/C25H21F4N3O4/c26-21-9-15(25(27,28)29)1-4-20(21)24(6-7-24)23(35)31-16-2-3-18(19(10-16)22(33)34)14-11-30-32(12-14)17-5-8-36-13-17/h1-4,9-12,17H,5-8,13H2,(H,31,35)(H,33,34)/t17-/m0/s1. The highest BCUT2D eigenvalue weighted by molar-refractivity contribution is 6.03. The van der Waals surface area contributed by atoms with Gasteiger partial charge in [-0.15, -0.1) is 0 Å². The summed E-state index contributed by atoms with van der Waals surface area (Å²) in [7, 11) is 0. The number of aromatic nitrogens is 2.